The van der Waals surface area contributed by atoms with Gasteiger partial charge in [0.1, 0.15) is 0 Å². The third kappa shape index (κ3) is 3.40. The molecule has 1 aliphatic rings. The van der Waals surface area contributed by atoms with Gasteiger partial charge in [0.2, 0.25) is 6.79 Å². The first-order valence-corrected chi connectivity index (χ1v) is 9.04. The number of benzene rings is 2. The molecule has 0 saturated heterocycles. The average molecular weight is 362 g/mol. The van der Waals surface area contributed by atoms with Crippen molar-refractivity contribution in [2.24, 2.45) is 0 Å². The monoisotopic (exact) mass is 362 g/mol. The molecule has 27 heavy (non-hydrogen) atoms. The Labute approximate surface area is 158 Å². The zero-order valence-corrected chi connectivity index (χ0v) is 15.5. The first kappa shape index (κ1) is 17.2. The van der Waals surface area contributed by atoms with E-state index >= 15 is 0 Å². The van der Waals surface area contributed by atoms with E-state index in [1.807, 2.05) is 18.2 Å². The molecule has 0 saturated carbocycles. The van der Waals surface area contributed by atoms with Crippen LogP contribution in [-0.4, -0.2) is 23.8 Å². The second-order valence-corrected chi connectivity index (χ2v) is 6.64. The maximum Gasteiger partial charge on any atom is 0.251 e. The number of ether oxygens (including phenoxy) is 2. The zero-order valence-electron chi connectivity index (χ0n) is 15.5. The van der Waals surface area contributed by atoms with E-state index in [0.29, 0.717) is 23.6 Å². The van der Waals surface area contributed by atoms with E-state index in [1.165, 1.54) is 17.0 Å². The summed E-state index contributed by atoms with van der Waals surface area (Å²) in [6, 6.07) is 17.7. The highest BCUT2D eigenvalue weighted by molar-refractivity contribution is 5.94. The van der Waals surface area contributed by atoms with Crippen molar-refractivity contribution in [3.8, 4) is 17.2 Å². The molecule has 0 atom stereocenters. The standard InChI is InChI=1S/C22H22N2O3/c1-15-12-17(16(2)24(15)19-6-4-3-5-7-19)10-11-23-22(25)18-8-9-20-21(13-18)27-14-26-20/h3-9,12-13H,10-11,14H2,1-2H3,(H,23,25). The minimum absolute atomic E-state index is 0.106. The van der Waals surface area contributed by atoms with Gasteiger partial charge in [-0.1, -0.05) is 18.2 Å². The summed E-state index contributed by atoms with van der Waals surface area (Å²) in [5.74, 6) is 1.19. The summed E-state index contributed by atoms with van der Waals surface area (Å²) in [5, 5.41) is 2.99. The Morgan fingerprint density at radius 1 is 1.04 bits per heavy atom. The lowest BCUT2D eigenvalue weighted by Crippen LogP contribution is -2.25. The minimum Gasteiger partial charge on any atom is -0.454 e. The number of aromatic nitrogens is 1. The van der Waals surface area contributed by atoms with Gasteiger partial charge in [-0.15, -0.1) is 0 Å². The molecule has 0 spiro atoms. The van der Waals surface area contributed by atoms with Crippen molar-refractivity contribution < 1.29 is 14.3 Å². The molecule has 2 aromatic carbocycles. The number of para-hydroxylation sites is 1. The van der Waals surface area contributed by atoms with E-state index in [0.717, 1.165) is 12.1 Å². The van der Waals surface area contributed by atoms with Crippen molar-refractivity contribution in [1.29, 1.82) is 0 Å². The zero-order chi connectivity index (χ0) is 18.8. The molecule has 0 aliphatic carbocycles. The topological polar surface area (TPSA) is 52.5 Å². The predicted molar refractivity (Wildman–Crippen MR) is 104 cm³/mol. The maximum atomic E-state index is 12.4. The van der Waals surface area contributed by atoms with Crippen LogP contribution in [0, 0.1) is 13.8 Å². The smallest absolute Gasteiger partial charge is 0.251 e. The fraction of sp³-hybridized carbons (Fsp3) is 0.227. The molecule has 5 heteroatoms. The summed E-state index contributed by atoms with van der Waals surface area (Å²) in [5.41, 5.74) is 5.37. The first-order valence-electron chi connectivity index (χ1n) is 9.04. The van der Waals surface area contributed by atoms with E-state index in [2.05, 4.69) is 41.9 Å². The van der Waals surface area contributed by atoms with Gasteiger partial charge in [0.25, 0.3) is 5.91 Å². The highest BCUT2D eigenvalue weighted by atomic mass is 16.7. The third-order valence-electron chi connectivity index (χ3n) is 4.87. The maximum absolute atomic E-state index is 12.4. The second-order valence-electron chi connectivity index (χ2n) is 6.64. The van der Waals surface area contributed by atoms with Gasteiger partial charge in [0, 0.05) is 29.2 Å². The van der Waals surface area contributed by atoms with Gasteiger partial charge in [-0.25, -0.2) is 0 Å². The normalized spacial score (nSPS) is 12.2. The van der Waals surface area contributed by atoms with Crippen LogP contribution in [0.4, 0.5) is 0 Å². The third-order valence-corrected chi connectivity index (χ3v) is 4.87. The summed E-state index contributed by atoms with van der Waals surface area (Å²) >= 11 is 0. The van der Waals surface area contributed by atoms with Crippen molar-refractivity contribution in [3.63, 3.8) is 0 Å². The Kier molecular flexibility index (Phi) is 4.59. The van der Waals surface area contributed by atoms with Gasteiger partial charge in [0.15, 0.2) is 11.5 Å². The van der Waals surface area contributed by atoms with Crippen molar-refractivity contribution in [3.05, 3.63) is 77.1 Å². The molecule has 138 valence electrons. The molecular formula is C22H22N2O3. The average Bonchev–Trinajstić information content (AvgIpc) is 3.26. The van der Waals surface area contributed by atoms with E-state index in [-0.39, 0.29) is 12.7 Å². The number of nitrogens with one attached hydrogen (secondary N) is 1. The van der Waals surface area contributed by atoms with Crippen LogP contribution < -0.4 is 14.8 Å². The lowest BCUT2D eigenvalue weighted by molar-refractivity contribution is 0.0953. The number of hydrogen-bond acceptors (Lipinski definition) is 3. The minimum atomic E-state index is -0.106. The molecule has 1 N–H and O–H groups in total. The number of carbonyl (C=O) groups is 1. The van der Waals surface area contributed by atoms with Crippen LogP contribution >= 0.6 is 0 Å². The van der Waals surface area contributed by atoms with Gasteiger partial charge < -0.3 is 19.4 Å². The Balaban J connectivity index is 1.42. The van der Waals surface area contributed by atoms with Crippen molar-refractivity contribution in [2.75, 3.05) is 13.3 Å². The van der Waals surface area contributed by atoms with Crippen LogP contribution in [0.15, 0.2) is 54.6 Å². The number of fused-ring (bicyclic) bond motifs is 1. The molecule has 0 unspecified atom stereocenters. The van der Waals surface area contributed by atoms with Gasteiger partial charge in [-0.3, -0.25) is 4.79 Å². The molecule has 5 nitrogen and oxygen atoms in total. The quantitative estimate of drug-likeness (QED) is 0.751. The van der Waals surface area contributed by atoms with E-state index < -0.39 is 0 Å². The highest BCUT2D eigenvalue weighted by Gasteiger charge is 2.16. The summed E-state index contributed by atoms with van der Waals surface area (Å²) in [6.07, 6.45) is 0.781. The predicted octanol–water partition coefficient (Wildman–Crippen LogP) is 3.80. The van der Waals surface area contributed by atoms with Gasteiger partial charge >= 0.3 is 0 Å². The summed E-state index contributed by atoms with van der Waals surface area (Å²) < 4.78 is 12.9. The van der Waals surface area contributed by atoms with Crippen molar-refractivity contribution >= 4 is 5.91 Å². The number of amides is 1. The van der Waals surface area contributed by atoms with E-state index in [4.69, 9.17) is 9.47 Å². The molecule has 0 bridgehead atoms. The largest absolute Gasteiger partial charge is 0.454 e. The lowest BCUT2D eigenvalue weighted by atomic mass is 10.1. The SMILES string of the molecule is Cc1cc(CCNC(=O)c2ccc3c(c2)OCO3)c(C)n1-c1ccccc1. The second kappa shape index (κ2) is 7.19. The first-order chi connectivity index (χ1) is 13.1. The van der Waals surface area contributed by atoms with Crippen LogP contribution in [0.3, 0.4) is 0 Å². The van der Waals surface area contributed by atoms with Gasteiger partial charge in [0.05, 0.1) is 0 Å². The van der Waals surface area contributed by atoms with E-state index in [1.54, 1.807) is 18.2 Å². The van der Waals surface area contributed by atoms with E-state index in [9.17, 15) is 4.79 Å². The van der Waals surface area contributed by atoms with Crippen molar-refractivity contribution in [2.45, 2.75) is 20.3 Å². The molecule has 3 aromatic rings. The Morgan fingerprint density at radius 3 is 2.63 bits per heavy atom. The van der Waals surface area contributed by atoms with Gasteiger partial charge in [-0.2, -0.15) is 0 Å². The summed E-state index contributed by atoms with van der Waals surface area (Å²) in [4.78, 5) is 12.4. The molecular weight excluding hydrogens is 340 g/mol. The number of rotatable bonds is 5. The molecule has 2 heterocycles. The van der Waals surface area contributed by atoms with Crippen LogP contribution in [0.1, 0.15) is 27.3 Å². The van der Waals surface area contributed by atoms with Gasteiger partial charge in [-0.05, 0) is 62.2 Å². The Morgan fingerprint density at radius 2 is 1.81 bits per heavy atom. The highest BCUT2D eigenvalue weighted by Crippen LogP contribution is 2.32. The summed E-state index contributed by atoms with van der Waals surface area (Å²) in [7, 11) is 0. The molecule has 1 amide bonds. The number of aryl methyl sites for hydroxylation is 1. The fourth-order valence-electron chi connectivity index (χ4n) is 3.51. The lowest BCUT2D eigenvalue weighted by Gasteiger charge is -2.10. The molecule has 1 aliphatic heterocycles. The van der Waals surface area contributed by atoms with Crippen LogP contribution in [0.25, 0.3) is 5.69 Å². The summed E-state index contributed by atoms with van der Waals surface area (Å²) in [6.45, 7) is 5.01. The number of nitrogens with zero attached hydrogens (tertiary/aromatic N) is 1. The molecule has 1 aromatic heterocycles. The fourth-order valence-corrected chi connectivity index (χ4v) is 3.51. The van der Waals surface area contributed by atoms with Crippen LogP contribution in [0.2, 0.25) is 0 Å². The van der Waals surface area contributed by atoms with Crippen LogP contribution in [-0.2, 0) is 6.42 Å². The van der Waals surface area contributed by atoms with Crippen LogP contribution in [0.5, 0.6) is 11.5 Å². The molecule has 0 fully saturated rings. The Bertz CT molecular complexity index is 977. The number of hydrogen-bond donors (Lipinski definition) is 1. The molecule has 0 radical (unpaired) electrons. The number of carbonyl (C=O) groups excluding carboxylic acids is 1. The molecule has 4 rings (SSSR count). The van der Waals surface area contributed by atoms with Crippen molar-refractivity contribution in [1.82, 2.24) is 9.88 Å². The Hall–Kier alpha value is -3.21.